The molecule has 0 spiro atoms. The van der Waals surface area contributed by atoms with E-state index in [4.69, 9.17) is 4.74 Å². The van der Waals surface area contributed by atoms with E-state index in [0.717, 1.165) is 44.5 Å². The fourth-order valence-electron chi connectivity index (χ4n) is 1.80. The summed E-state index contributed by atoms with van der Waals surface area (Å²) < 4.78 is 5.06. The normalized spacial score (nSPS) is 11.2. The number of hydrogen-bond donors (Lipinski definition) is 2. The minimum Gasteiger partial charge on any atom is -0.383 e. The summed E-state index contributed by atoms with van der Waals surface area (Å²) in [5.41, 5.74) is 0. The van der Waals surface area contributed by atoms with Crippen molar-refractivity contribution >= 4 is 41.7 Å². The molecule has 0 unspecified atom stereocenters. The summed E-state index contributed by atoms with van der Waals surface area (Å²) in [5.74, 6) is 1.87. The molecule has 7 heteroatoms. The molecule has 0 aliphatic heterocycles. The van der Waals surface area contributed by atoms with Gasteiger partial charge in [-0.05, 0) is 19.2 Å². The van der Waals surface area contributed by atoms with Crippen molar-refractivity contribution in [3.8, 4) is 0 Å². The third-order valence-electron chi connectivity index (χ3n) is 3.09. The number of nitrogens with one attached hydrogen (secondary N) is 2. The Labute approximate surface area is 161 Å². The second-order valence-corrected chi connectivity index (χ2v) is 6.05. The molecule has 0 aliphatic rings. The molecule has 1 aromatic rings. The molecule has 0 bridgehead atoms. The van der Waals surface area contributed by atoms with Crippen LogP contribution in [0.5, 0.6) is 0 Å². The Morgan fingerprint density at radius 1 is 1.17 bits per heavy atom. The van der Waals surface area contributed by atoms with Gasteiger partial charge < -0.3 is 20.3 Å². The summed E-state index contributed by atoms with van der Waals surface area (Å²) in [7, 11) is 5.62. The second kappa shape index (κ2) is 15.0. The number of likely N-dealkylation sites (N-methyl/N-ethyl adjacent to an activating group) is 1. The highest BCUT2D eigenvalue weighted by Gasteiger charge is 2.00. The zero-order valence-corrected chi connectivity index (χ0v) is 17.4. The summed E-state index contributed by atoms with van der Waals surface area (Å²) in [5, 5.41) is 6.65. The number of rotatable bonds is 10. The Bertz CT molecular complexity index is 420. The highest BCUT2D eigenvalue weighted by atomic mass is 127. The van der Waals surface area contributed by atoms with Crippen molar-refractivity contribution in [2.24, 2.45) is 4.99 Å². The third kappa shape index (κ3) is 11.6. The Hall–Kier alpha value is -0.510. The quantitative estimate of drug-likeness (QED) is 0.187. The van der Waals surface area contributed by atoms with Crippen LogP contribution in [0.15, 0.2) is 40.2 Å². The number of halogens is 1. The van der Waals surface area contributed by atoms with E-state index < -0.39 is 0 Å². The van der Waals surface area contributed by atoms with Gasteiger partial charge in [0.05, 0.1) is 6.61 Å². The predicted octanol–water partition coefficient (Wildman–Crippen LogP) is 2.14. The van der Waals surface area contributed by atoms with Crippen LogP contribution in [0.2, 0.25) is 0 Å². The highest BCUT2D eigenvalue weighted by molar-refractivity contribution is 14.0. The Morgan fingerprint density at radius 3 is 2.52 bits per heavy atom. The molecule has 0 atom stereocenters. The fraction of sp³-hybridized carbons (Fsp3) is 0.562. The predicted molar refractivity (Wildman–Crippen MR) is 111 cm³/mol. The van der Waals surface area contributed by atoms with Gasteiger partial charge in [0.2, 0.25) is 0 Å². The summed E-state index contributed by atoms with van der Waals surface area (Å²) in [4.78, 5) is 7.76. The van der Waals surface area contributed by atoms with Crippen LogP contribution in [0, 0.1) is 0 Å². The van der Waals surface area contributed by atoms with E-state index in [1.807, 2.05) is 17.8 Å². The van der Waals surface area contributed by atoms with Crippen molar-refractivity contribution in [1.82, 2.24) is 15.5 Å². The van der Waals surface area contributed by atoms with Gasteiger partial charge in [-0.25, -0.2) is 0 Å². The van der Waals surface area contributed by atoms with E-state index in [9.17, 15) is 0 Å². The molecule has 5 nitrogen and oxygen atoms in total. The molecule has 0 aromatic heterocycles. The monoisotopic (exact) mass is 452 g/mol. The Kier molecular flexibility index (Phi) is 14.7. The van der Waals surface area contributed by atoms with Gasteiger partial charge in [0.15, 0.2) is 5.96 Å². The van der Waals surface area contributed by atoms with Gasteiger partial charge in [0.1, 0.15) is 0 Å². The molecule has 0 fully saturated rings. The van der Waals surface area contributed by atoms with Gasteiger partial charge in [-0.15, -0.1) is 35.7 Å². The first-order chi connectivity index (χ1) is 10.8. The Morgan fingerprint density at radius 2 is 1.87 bits per heavy atom. The van der Waals surface area contributed by atoms with Gasteiger partial charge >= 0.3 is 0 Å². The van der Waals surface area contributed by atoms with E-state index in [1.165, 1.54) is 4.90 Å². The van der Waals surface area contributed by atoms with Crippen LogP contribution in [0.1, 0.15) is 0 Å². The molecule has 1 aromatic carbocycles. The molecule has 0 amide bonds. The molecule has 0 saturated heterocycles. The van der Waals surface area contributed by atoms with Crippen LogP contribution in [0.4, 0.5) is 0 Å². The van der Waals surface area contributed by atoms with E-state index in [-0.39, 0.29) is 24.0 Å². The van der Waals surface area contributed by atoms with Crippen LogP contribution in [0.25, 0.3) is 0 Å². The molecule has 23 heavy (non-hydrogen) atoms. The maximum atomic E-state index is 5.06. The number of aliphatic imine (C=N–C) groups is 1. The van der Waals surface area contributed by atoms with Gasteiger partial charge in [0.25, 0.3) is 0 Å². The van der Waals surface area contributed by atoms with Crippen molar-refractivity contribution in [1.29, 1.82) is 0 Å². The first kappa shape index (κ1) is 22.5. The molecule has 0 heterocycles. The lowest BCUT2D eigenvalue weighted by molar-refractivity contribution is 0.162. The smallest absolute Gasteiger partial charge is 0.191 e. The average Bonchev–Trinajstić information content (AvgIpc) is 2.56. The van der Waals surface area contributed by atoms with Crippen LogP contribution >= 0.6 is 35.7 Å². The second-order valence-electron chi connectivity index (χ2n) is 4.88. The van der Waals surface area contributed by atoms with Crippen LogP contribution in [-0.4, -0.2) is 70.6 Å². The minimum absolute atomic E-state index is 0. The molecular weight excluding hydrogens is 423 g/mol. The topological polar surface area (TPSA) is 48.9 Å². The van der Waals surface area contributed by atoms with E-state index in [0.29, 0.717) is 0 Å². The van der Waals surface area contributed by atoms with Crippen molar-refractivity contribution in [3.63, 3.8) is 0 Å². The standard InChI is InChI=1S/C16H28N4OS.HI/c1-17-16(18-9-11-20(2)12-13-21-3)19-10-14-22-15-7-5-4-6-8-15;/h4-8H,9-14H2,1-3H3,(H2,17,18,19);1H. The molecule has 0 radical (unpaired) electrons. The van der Waals surface area contributed by atoms with Crippen molar-refractivity contribution < 1.29 is 4.74 Å². The number of thioether (sulfide) groups is 1. The zero-order chi connectivity index (χ0) is 16.0. The fourth-order valence-corrected chi connectivity index (χ4v) is 2.59. The zero-order valence-electron chi connectivity index (χ0n) is 14.2. The third-order valence-corrected chi connectivity index (χ3v) is 4.11. The van der Waals surface area contributed by atoms with Gasteiger partial charge in [-0.2, -0.15) is 0 Å². The maximum Gasteiger partial charge on any atom is 0.191 e. The average molecular weight is 452 g/mol. The number of hydrogen-bond acceptors (Lipinski definition) is 4. The molecule has 2 N–H and O–H groups in total. The minimum atomic E-state index is 0. The molecule has 0 saturated carbocycles. The molecular formula is C16H29IN4OS. The van der Waals surface area contributed by atoms with Crippen molar-refractivity contribution in [2.75, 3.05) is 59.7 Å². The number of benzene rings is 1. The number of methoxy groups -OCH3 is 1. The number of nitrogens with zero attached hydrogens (tertiary/aromatic N) is 2. The summed E-state index contributed by atoms with van der Waals surface area (Å²) >= 11 is 1.84. The lowest BCUT2D eigenvalue weighted by Gasteiger charge is -2.17. The van der Waals surface area contributed by atoms with Crippen molar-refractivity contribution in [3.05, 3.63) is 30.3 Å². The maximum absolute atomic E-state index is 5.06. The number of ether oxygens (including phenoxy) is 1. The summed E-state index contributed by atoms with van der Waals surface area (Å²) in [6, 6.07) is 10.4. The van der Waals surface area contributed by atoms with E-state index in [2.05, 4.69) is 51.8 Å². The van der Waals surface area contributed by atoms with Gasteiger partial charge in [-0.3, -0.25) is 4.99 Å². The van der Waals surface area contributed by atoms with Crippen LogP contribution in [0.3, 0.4) is 0 Å². The summed E-state index contributed by atoms with van der Waals surface area (Å²) in [6.07, 6.45) is 0. The van der Waals surface area contributed by atoms with Crippen LogP contribution in [-0.2, 0) is 4.74 Å². The van der Waals surface area contributed by atoms with Crippen LogP contribution < -0.4 is 10.6 Å². The lowest BCUT2D eigenvalue weighted by Crippen LogP contribution is -2.42. The first-order valence-electron chi connectivity index (χ1n) is 7.56. The SMILES string of the molecule is CN=C(NCCSc1ccccc1)NCCN(C)CCOC.I. The molecule has 0 aliphatic carbocycles. The van der Waals surface area contributed by atoms with E-state index >= 15 is 0 Å². The molecule has 132 valence electrons. The largest absolute Gasteiger partial charge is 0.383 e. The Balaban J connectivity index is 0.00000484. The lowest BCUT2D eigenvalue weighted by atomic mass is 10.4. The summed E-state index contributed by atoms with van der Waals surface area (Å²) in [6.45, 7) is 4.42. The van der Waals surface area contributed by atoms with E-state index in [1.54, 1.807) is 14.2 Å². The first-order valence-corrected chi connectivity index (χ1v) is 8.54. The van der Waals surface area contributed by atoms with Crippen molar-refractivity contribution in [2.45, 2.75) is 4.90 Å². The highest BCUT2D eigenvalue weighted by Crippen LogP contribution is 2.15. The molecule has 1 rings (SSSR count). The van der Waals surface area contributed by atoms with Gasteiger partial charge in [-0.1, -0.05) is 18.2 Å². The number of guanidine groups is 1. The van der Waals surface area contributed by atoms with Gasteiger partial charge in [0, 0.05) is 51.0 Å².